The van der Waals surface area contributed by atoms with Crippen LogP contribution >= 0.6 is 0 Å². The van der Waals surface area contributed by atoms with Crippen LogP contribution in [0.25, 0.3) is 0 Å². The monoisotopic (exact) mass is 231 g/mol. The van der Waals surface area contributed by atoms with Gasteiger partial charge in [0.25, 0.3) is 0 Å². The first-order valence-corrected chi connectivity index (χ1v) is 4.88. The van der Waals surface area contributed by atoms with Crippen molar-refractivity contribution in [2.75, 3.05) is 6.61 Å². The second-order valence-electron chi connectivity index (χ2n) is 4.30. The predicted molar refractivity (Wildman–Crippen MR) is 56.0 cm³/mol. The quantitative estimate of drug-likeness (QED) is 0.736. The standard InChI is InChI=1S/C11H15F2NO2/c1-11(2,6-15)14-5-7-3-8(12)10(16)9(13)4-7/h3-4,14-16H,5-6H2,1-2H3. The molecule has 3 nitrogen and oxygen atoms in total. The Morgan fingerprint density at radius 3 is 2.19 bits per heavy atom. The van der Waals surface area contributed by atoms with Gasteiger partial charge in [-0.25, -0.2) is 8.78 Å². The zero-order valence-electron chi connectivity index (χ0n) is 9.22. The highest BCUT2D eigenvalue weighted by molar-refractivity contribution is 5.30. The molecule has 1 aromatic carbocycles. The molecule has 0 amide bonds. The van der Waals surface area contributed by atoms with Gasteiger partial charge in [-0.05, 0) is 31.5 Å². The van der Waals surface area contributed by atoms with Gasteiger partial charge in [0, 0.05) is 12.1 Å². The molecule has 1 rings (SSSR count). The summed E-state index contributed by atoms with van der Waals surface area (Å²) in [5.74, 6) is -2.94. The molecule has 0 aliphatic carbocycles. The lowest BCUT2D eigenvalue weighted by molar-refractivity contribution is 0.187. The SMILES string of the molecule is CC(C)(CO)NCc1cc(F)c(O)c(F)c1. The normalized spacial score (nSPS) is 11.8. The molecule has 0 aliphatic heterocycles. The molecule has 0 aliphatic rings. The molecule has 0 saturated heterocycles. The summed E-state index contributed by atoms with van der Waals surface area (Å²) in [5, 5.41) is 20.8. The molecule has 0 aromatic heterocycles. The van der Waals surface area contributed by atoms with Gasteiger partial charge in [-0.1, -0.05) is 0 Å². The molecular formula is C11H15F2NO2. The summed E-state index contributed by atoms with van der Waals surface area (Å²) in [6.07, 6.45) is 0. The van der Waals surface area contributed by atoms with Crippen LogP contribution in [-0.2, 0) is 6.54 Å². The highest BCUT2D eigenvalue weighted by Crippen LogP contribution is 2.21. The second kappa shape index (κ2) is 4.76. The van der Waals surface area contributed by atoms with E-state index in [-0.39, 0.29) is 13.2 Å². The average molecular weight is 231 g/mol. The molecule has 0 bridgehead atoms. The van der Waals surface area contributed by atoms with E-state index in [9.17, 15) is 8.78 Å². The Balaban J connectivity index is 2.76. The van der Waals surface area contributed by atoms with Crippen LogP contribution in [0.2, 0.25) is 0 Å². The number of hydrogen-bond donors (Lipinski definition) is 3. The average Bonchev–Trinajstić information content (AvgIpc) is 2.23. The first kappa shape index (κ1) is 12.9. The number of aliphatic hydroxyl groups is 1. The van der Waals surface area contributed by atoms with Crippen LogP contribution in [0, 0.1) is 11.6 Å². The van der Waals surface area contributed by atoms with E-state index in [0.717, 1.165) is 12.1 Å². The minimum Gasteiger partial charge on any atom is -0.503 e. The van der Waals surface area contributed by atoms with Crippen molar-refractivity contribution in [1.82, 2.24) is 5.32 Å². The van der Waals surface area contributed by atoms with Crippen LogP contribution in [0.3, 0.4) is 0 Å². The fourth-order valence-corrected chi connectivity index (χ4v) is 1.12. The van der Waals surface area contributed by atoms with Crippen molar-refractivity contribution in [2.24, 2.45) is 0 Å². The topological polar surface area (TPSA) is 52.5 Å². The highest BCUT2D eigenvalue weighted by Gasteiger charge is 2.16. The van der Waals surface area contributed by atoms with Gasteiger partial charge in [-0.3, -0.25) is 0 Å². The molecule has 16 heavy (non-hydrogen) atoms. The summed E-state index contributed by atoms with van der Waals surface area (Å²) in [5.41, 5.74) is -0.153. The molecule has 0 spiro atoms. The molecule has 1 aromatic rings. The Hall–Kier alpha value is -1.20. The molecule has 90 valence electrons. The van der Waals surface area contributed by atoms with E-state index in [1.54, 1.807) is 13.8 Å². The minimum atomic E-state index is -0.987. The molecular weight excluding hydrogens is 216 g/mol. The van der Waals surface area contributed by atoms with E-state index in [4.69, 9.17) is 10.2 Å². The Morgan fingerprint density at radius 2 is 1.75 bits per heavy atom. The zero-order valence-corrected chi connectivity index (χ0v) is 9.22. The van der Waals surface area contributed by atoms with Gasteiger partial charge in [0.2, 0.25) is 0 Å². The highest BCUT2D eigenvalue weighted by atomic mass is 19.1. The first-order valence-electron chi connectivity index (χ1n) is 4.88. The van der Waals surface area contributed by atoms with Gasteiger partial charge in [0.15, 0.2) is 17.4 Å². The van der Waals surface area contributed by atoms with Crippen LogP contribution in [0.5, 0.6) is 5.75 Å². The largest absolute Gasteiger partial charge is 0.503 e. The van der Waals surface area contributed by atoms with Crippen molar-refractivity contribution in [1.29, 1.82) is 0 Å². The summed E-state index contributed by atoms with van der Waals surface area (Å²) in [6.45, 7) is 3.65. The van der Waals surface area contributed by atoms with Gasteiger partial charge >= 0.3 is 0 Å². The summed E-state index contributed by atoms with van der Waals surface area (Å²) < 4.78 is 25.9. The van der Waals surface area contributed by atoms with E-state index in [1.165, 1.54) is 0 Å². The molecule has 0 radical (unpaired) electrons. The maximum atomic E-state index is 13.0. The van der Waals surface area contributed by atoms with Gasteiger partial charge in [-0.2, -0.15) is 0 Å². The van der Waals surface area contributed by atoms with Gasteiger partial charge in [0.1, 0.15) is 0 Å². The Bertz CT molecular complexity index is 357. The minimum absolute atomic E-state index is 0.0873. The number of nitrogens with one attached hydrogen (secondary N) is 1. The van der Waals surface area contributed by atoms with Crippen LogP contribution in [0.4, 0.5) is 8.78 Å². The lowest BCUT2D eigenvalue weighted by Gasteiger charge is -2.23. The van der Waals surface area contributed by atoms with E-state index >= 15 is 0 Å². The van der Waals surface area contributed by atoms with Crippen molar-refractivity contribution in [3.8, 4) is 5.75 Å². The lowest BCUT2D eigenvalue weighted by atomic mass is 10.1. The van der Waals surface area contributed by atoms with Gasteiger partial charge < -0.3 is 15.5 Å². The first-order chi connectivity index (χ1) is 7.35. The summed E-state index contributed by atoms with van der Waals surface area (Å²) in [7, 11) is 0. The molecule has 0 heterocycles. The van der Waals surface area contributed by atoms with Crippen molar-refractivity contribution < 1.29 is 19.0 Å². The maximum Gasteiger partial charge on any atom is 0.187 e. The van der Waals surface area contributed by atoms with Crippen LogP contribution < -0.4 is 5.32 Å². The van der Waals surface area contributed by atoms with E-state index < -0.39 is 22.9 Å². The number of hydrogen-bond acceptors (Lipinski definition) is 3. The zero-order chi connectivity index (χ0) is 12.3. The number of aromatic hydroxyl groups is 1. The third-order valence-electron chi connectivity index (χ3n) is 2.24. The molecule has 5 heteroatoms. The van der Waals surface area contributed by atoms with Crippen LogP contribution in [0.15, 0.2) is 12.1 Å². The van der Waals surface area contributed by atoms with Crippen LogP contribution in [-0.4, -0.2) is 22.4 Å². The number of phenolic OH excluding ortho intramolecular Hbond substituents is 1. The number of aliphatic hydroxyl groups excluding tert-OH is 1. The molecule has 3 N–H and O–H groups in total. The smallest absolute Gasteiger partial charge is 0.187 e. The molecule has 0 saturated carbocycles. The maximum absolute atomic E-state index is 13.0. The van der Waals surface area contributed by atoms with E-state index in [0.29, 0.717) is 5.56 Å². The van der Waals surface area contributed by atoms with Crippen molar-refractivity contribution in [3.63, 3.8) is 0 Å². The molecule has 0 unspecified atom stereocenters. The molecule has 0 atom stereocenters. The Labute approximate surface area is 92.7 Å². The second-order valence-corrected chi connectivity index (χ2v) is 4.30. The van der Waals surface area contributed by atoms with Crippen molar-refractivity contribution in [3.05, 3.63) is 29.3 Å². The van der Waals surface area contributed by atoms with Crippen molar-refractivity contribution >= 4 is 0 Å². The summed E-state index contributed by atoms with van der Waals surface area (Å²) in [4.78, 5) is 0. The Kier molecular flexibility index (Phi) is 3.83. The Morgan fingerprint density at radius 1 is 1.25 bits per heavy atom. The van der Waals surface area contributed by atoms with Crippen LogP contribution in [0.1, 0.15) is 19.4 Å². The number of rotatable bonds is 4. The van der Waals surface area contributed by atoms with E-state index in [2.05, 4.69) is 5.32 Å². The van der Waals surface area contributed by atoms with Gasteiger partial charge in [-0.15, -0.1) is 0 Å². The van der Waals surface area contributed by atoms with Crippen molar-refractivity contribution in [2.45, 2.75) is 25.9 Å². The lowest BCUT2D eigenvalue weighted by Crippen LogP contribution is -2.42. The third-order valence-corrected chi connectivity index (χ3v) is 2.24. The summed E-state index contributed by atoms with van der Waals surface area (Å²) >= 11 is 0. The predicted octanol–water partition coefficient (Wildman–Crippen LogP) is 1.53. The number of benzene rings is 1. The number of phenols is 1. The van der Waals surface area contributed by atoms with E-state index in [1.807, 2.05) is 0 Å². The third kappa shape index (κ3) is 3.15. The fraction of sp³-hybridized carbons (Fsp3) is 0.455. The van der Waals surface area contributed by atoms with Gasteiger partial charge in [0.05, 0.1) is 6.61 Å². The summed E-state index contributed by atoms with van der Waals surface area (Å²) in [6, 6.07) is 2.11. The molecule has 0 fully saturated rings. The number of halogens is 2. The fourth-order valence-electron chi connectivity index (χ4n) is 1.12.